The molecule has 1 aromatic heterocycles. The number of aromatic nitrogens is 2. The molecule has 0 aliphatic carbocycles. The Morgan fingerprint density at radius 3 is 2.41 bits per heavy atom. The van der Waals surface area contributed by atoms with Crippen molar-refractivity contribution in [3.8, 4) is 11.5 Å². The van der Waals surface area contributed by atoms with Gasteiger partial charge in [0.25, 0.3) is 0 Å². The van der Waals surface area contributed by atoms with Crippen LogP contribution in [0.2, 0.25) is 0 Å². The molecular formula is C25H33N5O2. The van der Waals surface area contributed by atoms with Crippen LogP contribution in [0.25, 0.3) is 0 Å². The predicted octanol–water partition coefficient (Wildman–Crippen LogP) is 3.59. The van der Waals surface area contributed by atoms with Crippen molar-refractivity contribution >= 4 is 5.96 Å². The second kappa shape index (κ2) is 10.7. The van der Waals surface area contributed by atoms with Gasteiger partial charge in [0, 0.05) is 37.9 Å². The Labute approximate surface area is 190 Å². The summed E-state index contributed by atoms with van der Waals surface area (Å²) in [5.41, 5.74) is 3.45. The molecule has 2 N–H and O–H groups in total. The van der Waals surface area contributed by atoms with E-state index in [4.69, 9.17) is 9.47 Å². The Morgan fingerprint density at radius 1 is 1.00 bits per heavy atom. The average Bonchev–Trinajstić information content (AvgIpc) is 3.32. The lowest BCUT2D eigenvalue weighted by Gasteiger charge is -2.27. The first-order valence-corrected chi connectivity index (χ1v) is 10.7. The van der Waals surface area contributed by atoms with Crippen LogP contribution in [0.5, 0.6) is 11.5 Å². The molecule has 0 aliphatic rings. The quantitative estimate of drug-likeness (QED) is 0.397. The number of aliphatic imine (C=N–C) groups is 1. The predicted molar refractivity (Wildman–Crippen MR) is 129 cm³/mol. The lowest BCUT2D eigenvalue weighted by atomic mass is 9.84. The highest BCUT2D eigenvalue weighted by Crippen LogP contribution is 2.32. The molecule has 0 saturated heterocycles. The molecule has 7 heteroatoms. The van der Waals surface area contributed by atoms with Crippen LogP contribution in [-0.2, 0) is 18.5 Å². The molecule has 32 heavy (non-hydrogen) atoms. The van der Waals surface area contributed by atoms with Gasteiger partial charge in [-0.3, -0.25) is 9.67 Å². The zero-order valence-electron chi connectivity index (χ0n) is 19.6. The van der Waals surface area contributed by atoms with Gasteiger partial charge in [-0.2, -0.15) is 5.10 Å². The lowest BCUT2D eigenvalue weighted by molar-refractivity contribution is 0.353. The van der Waals surface area contributed by atoms with Crippen molar-refractivity contribution in [1.29, 1.82) is 0 Å². The third-order valence-corrected chi connectivity index (χ3v) is 5.54. The Morgan fingerprint density at radius 2 is 1.75 bits per heavy atom. The fraction of sp³-hybridized carbons (Fsp3) is 0.360. The molecule has 0 fully saturated rings. The zero-order valence-corrected chi connectivity index (χ0v) is 19.6. The van der Waals surface area contributed by atoms with E-state index in [2.05, 4.69) is 64.9 Å². The van der Waals surface area contributed by atoms with Gasteiger partial charge in [-0.25, -0.2) is 0 Å². The number of benzene rings is 2. The summed E-state index contributed by atoms with van der Waals surface area (Å²) in [6, 6.07) is 16.4. The largest absolute Gasteiger partial charge is 0.493 e. The topological polar surface area (TPSA) is 72.7 Å². The number of rotatable bonds is 9. The third-order valence-electron chi connectivity index (χ3n) is 5.54. The SMILES string of the molecule is CN=C(NCc1ccccc1Cn1cccn1)NCC(C)(C)c1ccc(OC)c(OC)c1. The second-order valence-corrected chi connectivity index (χ2v) is 8.21. The van der Waals surface area contributed by atoms with E-state index in [1.165, 1.54) is 11.1 Å². The van der Waals surface area contributed by atoms with Crippen molar-refractivity contribution in [2.24, 2.45) is 4.99 Å². The van der Waals surface area contributed by atoms with Crippen molar-refractivity contribution in [3.63, 3.8) is 0 Å². The van der Waals surface area contributed by atoms with E-state index in [0.717, 1.165) is 29.6 Å². The molecule has 3 aromatic rings. The Bertz CT molecular complexity index is 1030. The lowest BCUT2D eigenvalue weighted by Crippen LogP contribution is -2.43. The Hall–Kier alpha value is -3.48. The smallest absolute Gasteiger partial charge is 0.191 e. The second-order valence-electron chi connectivity index (χ2n) is 8.21. The molecule has 0 bridgehead atoms. The number of nitrogens with zero attached hydrogens (tertiary/aromatic N) is 3. The minimum atomic E-state index is -0.144. The minimum absolute atomic E-state index is 0.144. The highest BCUT2D eigenvalue weighted by Gasteiger charge is 2.22. The summed E-state index contributed by atoms with van der Waals surface area (Å²) in [4.78, 5) is 4.40. The highest BCUT2D eigenvalue weighted by molar-refractivity contribution is 5.79. The van der Waals surface area contributed by atoms with Crippen LogP contribution < -0.4 is 20.1 Å². The van der Waals surface area contributed by atoms with Crippen molar-refractivity contribution in [3.05, 3.63) is 77.6 Å². The van der Waals surface area contributed by atoms with Crippen LogP contribution in [0, 0.1) is 0 Å². The van der Waals surface area contributed by atoms with E-state index >= 15 is 0 Å². The summed E-state index contributed by atoms with van der Waals surface area (Å²) in [6.45, 7) is 6.50. The normalized spacial score (nSPS) is 11.8. The highest BCUT2D eigenvalue weighted by atomic mass is 16.5. The molecular weight excluding hydrogens is 402 g/mol. The van der Waals surface area contributed by atoms with Gasteiger partial charge >= 0.3 is 0 Å². The number of nitrogens with one attached hydrogen (secondary N) is 2. The number of hydrogen-bond acceptors (Lipinski definition) is 4. The summed E-state index contributed by atoms with van der Waals surface area (Å²) < 4.78 is 12.8. The van der Waals surface area contributed by atoms with Gasteiger partial charge in [0.15, 0.2) is 17.5 Å². The van der Waals surface area contributed by atoms with Gasteiger partial charge in [0.1, 0.15) is 0 Å². The van der Waals surface area contributed by atoms with E-state index in [-0.39, 0.29) is 5.41 Å². The van der Waals surface area contributed by atoms with Gasteiger partial charge in [0.05, 0.1) is 20.8 Å². The van der Waals surface area contributed by atoms with Gasteiger partial charge in [-0.1, -0.05) is 44.2 Å². The third kappa shape index (κ3) is 5.81. The van der Waals surface area contributed by atoms with Crippen molar-refractivity contribution in [1.82, 2.24) is 20.4 Å². The Balaban J connectivity index is 1.62. The van der Waals surface area contributed by atoms with Crippen LogP contribution in [0.3, 0.4) is 0 Å². The maximum Gasteiger partial charge on any atom is 0.191 e. The molecule has 1 heterocycles. The van der Waals surface area contributed by atoms with Crippen LogP contribution in [0.1, 0.15) is 30.5 Å². The molecule has 2 aromatic carbocycles. The number of hydrogen-bond donors (Lipinski definition) is 2. The molecule has 0 radical (unpaired) electrons. The van der Waals surface area contributed by atoms with Gasteiger partial charge in [0.2, 0.25) is 0 Å². The summed E-state index contributed by atoms with van der Waals surface area (Å²) in [7, 11) is 5.09. The van der Waals surface area contributed by atoms with E-state index in [1.54, 1.807) is 27.5 Å². The maximum atomic E-state index is 5.47. The molecule has 0 saturated carbocycles. The van der Waals surface area contributed by atoms with Crippen molar-refractivity contribution in [2.45, 2.75) is 32.4 Å². The molecule has 0 aliphatic heterocycles. The molecule has 3 rings (SSSR count). The van der Waals surface area contributed by atoms with E-state index in [9.17, 15) is 0 Å². The van der Waals surface area contributed by atoms with Crippen LogP contribution in [-0.4, -0.2) is 43.6 Å². The first kappa shape index (κ1) is 23.2. The fourth-order valence-corrected chi connectivity index (χ4v) is 3.52. The summed E-state index contributed by atoms with van der Waals surface area (Å²) >= 11 is 0. The number of methoxy groups -OCH3 is 2. The number of ether oxygens (including phenoxy) is 2. The van der Waals surface area contributed by atoms with Crippen molar-refractivity contribution < 1.29 is 9.47 Å². The molecule has 0 unspecified atom stereocenters. The van der Waals surface area contributed by atoms with Gasteiger partial charge in [-0.15, -0.1) is 0 Å². The van der Waals surface area contributed by atoms with E-state index < -0.39 is 0 Å². The van der Waals surface area contributed by atoms with E-state index in [0.29, 0.717) is 13.1 Å². The first-order chi connectivity index (χ1) is 15.5. The molecule has 0 amide bonds. The first-order valence-electron chi connectivity index (χ1n) is 10.7. The van der Waals surface area contributed by atoms with Crippen LogP contribution >= 0.6 is 0 Å². The summed E-state index contributed by atoms with van der Waals surface area (Å²) in [5.74, 6) is 2.22. The number of guanidine groups is 1. The molecule has 170 valence electrons. The monoisotopic (exact) mass is 435 g/mol. The fourth-order valence-electron chi connectivity index (χ4n) is 3.52. The standard InChI is InChI=1S/C25H33N5O2/c1-25(2,21-11-12-22(31-4)23(15-21)32-5)18-28-24(26-3)27-16-19-9-6-7-10-20(19)17-30-14-8-13-29-30/h6-15H,16-18H2,1-5H3,(H2,26,27,28). The van der Waals surface area contributed by atoms with E-state index in [1.807, 2.05) is 29.1 Å². The van der Waals surface area contributed by atoms with Crippen LogP contribution in [0.4, 0.5) is 0 Å². The summed E-state index contributed by atoms with van der Waals surface area (Å²) in [6.07, 6.45) is 3.77. The maximum absolute atomic E-state index is 5.47. The summed E-state index contributed by atoms with van der Waals surface area (Å²) in [5, 5.41) is 11.2. The minimum Gasteiger partial charge on any atom is -0.493 e. The molecule has 0 spiro atoms. The van der Waals surface area contributed by atoms with Crippen molar-refractivity contribution in [2.75, 3.05) is 27.8 Å². The zero-order chi connectivity index (χ0) is 23.0. The van der Waals surface area contributed by atoms with Gasteiger partial charge in [-0.05, 0) is 34.9 Å². The van der Waals surface area contributed by atoms with Gasteiger partial charge < -0.3 is 20.1 Å². The Kier molecular flexibility index (Phi) is 7.76. The molecule has 0 atom stereocenters. The molecule has 7 nitrogen and oxygen atoms in total. The van der Waals surface area contributed by atoms with Crippen LogP contribution in [0.15, 0.2) is 65.9 Å². The average molecular weight is 436 g/mol.